The van der Waals surface area contributed by atoms with E-state index in [2.05, 4.69) is 0 Å². The molecular weight excluding hydrogens is 229 g/mol. The van der Waals surface area contributed by atoms with Crippen LogP contribution in [-0.2, 0) is 0 Å². The van der Waals surface area contributed by atoms with Gasteiger partial charge in [-0.3, -0.25) is 0 Å². The first kappa shape index (κ1) is 12.2. The Morgan fingerprint density at radius 1 is 1.11 bits per heavy atom. The number of anilines is 1. The molecule has 3 heteroatoms. The van der Waals surface area contributed by atoms with E-state index in [1.807, 2.05) is 42.5 Å². The number of nitrogen functional groups attached to an aromatic ring is 1. The molecule has 0 aliphatic carbocycles. The highest BCUT2D eigenvalue weighted by Crippen LogP contribution is 2.21. The van der Waals surface area contributed by atoms with E-state index in [0.29, 0.717) is 18.0 Å². The van der Waals surface area contributed by atoms with Crippen molar-refractivity contribution in [1.82, 2.24) is 0 Å². The van der Waals surface area contributed by atoms with Gasteiger partial charge >= 0.3 is 0 Å². The molecule has 0 atom stereocenters. The summed E-state index contributed by atoms with van der Waals surface area (Å²) in [5.41, 5.74) is 7.04. The third-order valence-corrected chi connectivity index (χ3v) is 2.42. The normalized spacial score (nSPS) is 10.7. The van der Waals surface area contributed by atoms with Gasteiger partial charge in [-0.2, -0.15) is 0 Å². The Bertz CT molecular complexity index is 537. The highest BCUT2D eigenvalue weighted by atomic mass is 19.1. The van der Waals surface area contributed by atoms with Crippen molar-refractivity contribution in [1.29, 1.82) is 0 Å². The van der Waals surface area contributed by atoms with Crippen LogP contribution in [-0.4, -0.2) is 6.61 Å². The highest BCUT2D eigenvalue weighted by molar-refractivity contribution is 5.53. The first-order valence-corrected chi connectivity index (χ1v) is 5.65. The van der Waals surface area contributed by atoms with Crippen molar-refractivity contribution in [2.75, 3.05) is 12.3 Å². The number of hydrogen-bond acceptors (Lipinski definition) is 2. The molecule has 2 aromatic carbocycles. The fourth-order valence-electron chi connectivity index (χ4n) is 1.54. The van der Waals surface area contributed by atoms with Crippen molar-refractivity contribution >= 4 is 11.8 Å². The van der Waals surface area contributed by atoms with Gasteiger partial charge in [-0.05, 0) is 23.8 Å². The average Bonchev–Trinajstić information content (AvgIpc) is 2.38. The van der Waals surface area contributed by atoms with E-state index in [1.165, 1.54) is 18.2 Å². The number of halogens is 1. The monoisotopic (exact) mass is 243 g/mol. The summed E-state index contributed by atoms with van der Waals surface area (Å²) < 4.78 is 18.2. The SMILES string of the molecule is Nc1cc(F)ccc1OC/C=C\c1ccccc1. The van der Waals surface area contributed by atoms with Gasteiger partial charge in [0.05, 0.1) is 5.69 Å². The zero-order valence-electron chi connectivity index (χ0n) is 9.84. The number of benzene rings is 2. The van der Waals surface area contributed by atoms with E-state index in [1.54, 1.807) is 0 Å². The van der Waals surface area contributed by atoms with Crippen LogP contribution in [0.4, 0.5) is 10.1 Å². The Morgan fingerprint density at radius 2 is 1.89 bits per heavy atom. The van der Waals surface area contributed by atoms with Gasteiger partial charge < -0.3 is 10.5 Å². The second-order valence-corrected chi connectivity index (χ2v) is 3.81. The Balaban J connectivity index is 1.91. The largest absolute Gasteiger partial charge is 0.487 e. The molecule has 0 aromatic heterocycles. The first-order chi connectivity index (χ1) is 8.75. The zero-order valence-corrected chi connectivity index (χ0v) is 9.84. The molecule has 2 N–H and O–H groups in total. The zero-order chi connectivity index (χ0) is 12.8. The molecule has 0 spiro atoms. The predicted octanol–water partition coefficient (Wildman–Crippen LogP) is 3.50. The summed E-state index contributed by atoms with van der Waals surface area (Å²) >= 11 is 0. The number of nitrogens with two attached hydrogens (primary N) is 1. The molecular formula is C15H14FNO. The van der Waals surface area contributed by atoms with Crippen molar-refractivity contribution < 1.29 is 9.13 Å². The van der Waals surface area contributed by atoms with Gasteiger partial charge in [-0.25, -0.2) is 4.39 Å². The van der Waals surface area contributed by atoms with Crippen molar-refractivity contribution in [2.45, 2.75) is 0 Å². The van der Waals surface area contributed by atoms with Gasteiger partial charge in [0.1, 0.15) is 18.2 Å². The summed E-state index contributed by atoms with van der Waals surface area (Å²) in [7, 11) is 0. The lowest BCUT2D eigenvalue weighted by atomic mass is 10.2. The Hall–Kier alpha value is -2.29. The van der Waals surface area contributed by atoms with Crippen LogP contribution in [0.2, 0.25) is 0 Å². The van der Waals surface area contributed by atoms with E-state index < -0.39 is 0 Å². The van der Waals surface area contributed by atoms with Crippen molar-refractivity contribution in [3.05, 3.63) is 66.0 Å². The van der Waals surface area contributed by atoms with E-state index in [4.69, 9.17) is 10.5 Å². The molecule has 0 aliphatic heterocycles. The van der Waals surface area contributed by atoms with Crippen LogP contribution in [0.15, 0.2) is 54.6 Å². The lowest BCUT2D eigenvalue weighted by molar-refractivity contribution is 0.365. The maximum Gasteiger partial charge on any atom is 0.142 e. The van der Waals surface area contributed by atoms with E-state index >= 15 is 0 Å². The fraction of sp³-hybridized carbons (Fsp3) is 0.0667. The van der Waals surface area contributed by atoms with Gasteiger partial charge in [0.2, 0.25) is 0 Å². The minimum atomic E-state index is -0.361. The molecule has 0 bridgehead atoms. The van der Waals surface area contributed by atoms with Gasteiger partial charge in [0.25, 0.3) is 0 Å². The lowest BCUT2D eigenvalue weighted by Crippen LogP contribution is -1.98. The third-order valence-electron chi connectivity index (χ3n) is 2.42. The molecule has 2 nitrogen and oxygen atoms in total. The Labute approximate surface area is 106 Å². The average molecular weight is 243 g/mol. The standard InChI is InChI=1S/C15H14FNO/c16-13-8-9-15(14(17)11-13)18-10-4-7-12-5-2-1-3-6-12/h1-9,11H,10,17H2/b7-4-. The van der Waals surface area contributed by atoms with Crippen molar-refractivity contribution in [2.24, 2.45) is 0 Å². The lowest BCUT2D eigenvalue weighted by Gasteiger charge is -2.06. The molecule has 0 unspecified atom stereocenters. The molecule has 0 aliphatic rings. The molecule has 0 amide bonds. The predicted molar refractivity (Wildman–Crippen MR) is 71.8 cm³/mol. The van der Waals surface area contributed by atoms with Gasteiger partial charge in [-0.1, -0.05) is 36.4 Å². The van der Waals surface area contributed by atoms with Crippen LogP contribution in [0.3, 0.4) is 0 Å². The topological polar surface area (TPSA) is 35.2 Å². The molecule has 0 fully saturated rings. The van der Waals surface area contributed by atoms with Gasteiger partial charge in [0.15, 0.2) is 0 Å². The second-order valence-electron chi connectivity index (χ2n) is 3.81. The highest BCUT2D eigenvalue weighted by Gasteiger charge is 2.00. The van der Waals surface area contributed by atoms with Crippen LogP contribution in [0, 0.1) is 5.82 Å². The summed E-state index contributed by atoms with van der Waals surface area (Å²) in [5, 5.41) is 0. The molecule has 2 rings (SSSR count). The van der Waals surface area contributed by atoms with Crippen LogP contribution in [0.5, 0.6) is 5.75 Å². The molecule has 0 radical (unpaired) electrons. The van der Waals surface area contributed by atoms with E-state index in [0.717, 1.165) is 5.56 Å². The summed E-state index contributed by atoms with van der Waals surface area (Å²) in [6.07, 6.45) is 3.85. The van der Waals surface area contributed by atoms with E-state index in [-0.39, 0.29) is 5.82 Å². The van der Waals surface area contributed by atoms with Gasteiger partial charge in [0, 0.05) is 6.07 Å². The van der Waals surface area contributed by atoms with Gasteiger partial charge in [-0.15, -0.1) is 0 Å². The maximum absolute atomic E-state index is 12.8. The summed E-state index contributed by atoms with van der Waals surface area (Å²) in [5.74, 6) is 0.133. The van der Waals surface area contributed by atoms with Crippen LogP contribution < -0.4 is 10.5 Å². The number of ether oxygens (including phenoxy) is 1. The van der Waals surface area contributed by atoms with Crippen LogP contribution >= 0.6 is 0 Å². The molecule has 0 saturated carbocycles. The number of hydrogen-bond donors (Lipinski definition) is 1. The molecule has 0 heterocycles. The summed E-state index contributed by atoms with van der Waals surface area (Å²) in [6.45, 7) is 0.394. The third kappa shape index (κ3) is 3.35. The van der Waals surface area contributed by atoms with Crippen LogP contribution in [0.25, 0.3) is 6.08 Å². The Kier molecular flexibility index (Phi) is 3.97. The molecule has 92 valence electrons. The van der Waals surface area contributed by atoms with Crippen LogP contribution in [0.1, 0.15) is 5.56 Å². The van der Waals surface area contributed by atoms with Crippen molar-refractivity contribution in [3.63, 3.8) is 0 Å². The minimum Gasteiger partial charge on any atom is -0.487 e. The fourth-order valence-corrected chi connectivity index (χ4v) is 1.54. The van der Waals surface area contributed by atoms with E-state index in [9.17, 15) is 4.39 Å². The first-order valence-electron chi connectivity index (χ1n) is 5.65. The second kappa shape index (κ2) is 5.87. The summed E-state index contributed by atoms with van der Waals surface area (Å²) in [4.78, 5) is 0. The number of rotatable bonds is 4. The maximum atomic E-state index is 12.8. The van der Waals surface area contributed by atoms with Crippen molar-refractivity contribution in [3.8, 4) is 5.75 Å². The quantitative estimate of drug-likeness (QED) is 0.834. The molecule has 2 aromatic rings. The molecule has 0 saturated heterocycles. The summed E-state index contributed by atoms with van der Waals surface area (Å²) in [6, 6.07) is 14.0. The Morgan fingerprint density at radius 3 is 2.61 bits per heavy atom. The molecule has 18 heavy (non-hydrogen) atoms. The minimum absolute atomic E-state index is 0.308. The smallest absolute Gasteiger partial charge is 0.142 e.